The molecule has 0 spiro atoms. The Morgan fingerprint density at radius 3 is 1.74 bits per heavy atom. The highest BCUT2D eigenvalue weighted by atomic mass is 15.0. The third kappa shape index (κ3) is 4.81. The zero-order chi connectivity index (χ0) is 41.7. The average Bonchev–Trinajstić information content (AvgIpc) is 3.84. The first-order chi connectivity index (χ1) is 29.7. The van der Waals surface area contributed by atoms with Crippen molar-refractivity contribution >= 4 is 54.4 Å². The van der Waals surface area contributed by atoms with Gasteiger partial charge in [0.2, 0.25) is 0 Å². The molecule has 9 aromatic carbocycles. The van der Waals surface area contributed by atoms with Crippen molar-refractivity contribution in [3.63, 3.8) is 0 Å². The van der Waals surface area contributed by atoms with Crippen molar-refractivity contribution < 1.29 is 9.60 Å². The summed E-state index contributed by atoms with van der Waals surface area (Å²) in [5.74, 6) is 0. The minimum absolute atomic E-state index is 0.0757. The van der Waals surface area contributed by atoms with Crippen molar-refractivity contribution in [1.29, 1.82) is 0 Å². The maximum absolute atomic E-state index is 9.87. The van der Waals surface area contributed by atoms with Gasteiger partial charge in [0.15, 0.2) is 0 Å². The topological polar surface area (TPSA) is 9.86 Å². The number of rotatable bonds is 5. The lowest BCUT2D eigenvalue weighted by Crippen LogP contribution is -1.94. The second-order valence-electron chi connectivity index (χ2n) is 13.6. The zero-order valence-corrected chi connectivity index (χ0v) is 29.0. The van der Waals surface area contributed by atoms with Crippen molar-refractivity contribution in [2.45, 2.75) is 0 Å². The summed E-state index contributed by atoms with van der Waals surface area (Å²) in [7, 11) is 0. The van der Waals surface area contributed by atoms with Gasteiger partial charge in [-0.25, -0.2) is 0 Å². The Labute approximate surface area is 323 Å². The number of para-hydroxylation sites is 2. The zero-order valence-electron chi connectivity index (χ0n) is 36.0. The molecule has 0 amide bonds. The van der Waals surface area contributed by atoms with E-state index in [4.69, 9.17) is 5.48 Å². The molecule has 0 aliphatic rings. The van der Waals surface area contributed by atoms with E-state index in [1.54, 1.807) is 4.57 Å². The van der Waals surface area contributed by atoms with Gasteiger partial charge in [0.25, 0.3) is 0 Å². The Kier molecular flexibility index (Phi) is 5.47. The second-order valence-corrected chi connectivity index (χ2v) is 13.6. The molecule has 0 N–H and O–H groups in total. The van der Waals surface area contributed by atoms with E-state index in [1.165, 1.54) is 0 Å². The smallest absolute Gasteiger partial charge is 0.0645 e. The Morgan fingerprint density at radius 1 is 0.333 bits per heavy atom. The molecule has 2 heteroatoms. The predicted molar refractivity (Wildman–Crippen MR) is 229 cm³/mol. The summed E-state index contributed by atoms with van der Waals surface area (Å²) in [6.07, 6.45) is 0. The van der Waals surface area contributed by atoms with Crippen LogP contribution in [0.2, 0.25) is 0 Å². The van der Waals surface area contributed by atoms with Crippen LogP contribution in [0, 0.1) is 0 Å². The van der Waals surface area contributed by atoms with Gasteiger partial charge in [0, 0.05) is 32.9 Å². The molecule has 0 radical (unpaired) electrons. The Hall–Kier alpha value is -7.16. The van der Waals surface area contributed by atoms with Crippen LogP contribution in [0.3, 0.4) is 0 Å². The van der Waals surface area contributed by atoms with Crippen LogP contribution in [0.15, 0.2) is 206 Å². The third-order valence-electron chi connectivity index (χ3n) is 10.6. The van der Waals surface area contributed by atoms with E-state index in [1.807, 2.05) is 97.1 Å². The minimum Gasteiger partial charge on any atom is -0.309 e. The lowest BCUT2D eigenvalue weighted by Gasteiger charge is -2.10. The van der Waals surface area contributed by atoms with Gasteiger partial charge in [0.05, 0.1) is 31.7 Å². The van der Waals surface area contributed by atoms with Crippen molar-refractivity contribution in [2.75, 3.05) is 0 Å². The first-order valence-electron chi connectivity index (χ1n) is 21.5. The molecule has 0 saturated heterocycles. The van der Waals surface area contributed by atoms with E-state index in [2.05, 4.69) is 71.3 Å². The molecule has 2 heterocycles. The Morgan fingerprint density at radius 2 is 0.926 bits per heavy atom. The fourth-order valence-electron chi connectivity index (χ4n) is 8.03. The van der Waals surface area contributed by atoms with Crippen LogP contribution in [0.4, 0.5) is 0 Å². The first kappa shape index (κ1) is 24.2. The fraction of sp³-hybridized carbons (Fsp3) is 0. The summed E-state index contributed by atoms with van der Waals surface area (Å²) < 4.78 is 68.5. The lowest BCUT2D eigenvalue weighted by molar-refractivity contribution is 1.18. The van der Waals surface area contributed by atoms with E-state index in [0.717, 1.165) is 60.5 Å². The quantitative estimate of drug-likeness (QED) is 0.170. The number of hydrogen-bond acceptors (Lipinski definition) is 0. The van der Waals surface area contributed by atoms with Gasteiger partial charge in [0.1, 0.15) is 0 Å². The standard InChI is InChI=1S/C52H34N2/c1-3-12-35(13-4-1)36-22-27-42(28-23-36)54-49-21-10-9-19-45(49)46-32-38(24-29-50(46)54)39-25-30-51-47(33-39)48-34-40(44-20-11-15-37-14-7-8-18-43(37)44)26-31-52(48)53(51)41-16-5-2-6-17-41/h1-34H/i9D,10D,19D,21D,24D,29D,32D. The second kappa shape index (κ2) is 12.2. The van der Waals surface area contributed by atoms with Gasteiger partial charge in [-0.15, -0.1) is 0 Å². The molecule has 0 saturated carbocycles. The van der Waals surface area contributed by atoms with E-state index < -0.39 is 12.1 Å². The summed E-state index contributed by atoms with van der Waals surface area (Å²) in [4.78, 5) is 0. The summed E-state index contributed by atoms with van der Waals surface area (Å²) in [6, 6.07) is 52.9. The highest BCUT2D eigenvalue weighted by Gasteiger charge is 2.17. The van der Waals surface area contributed by atoms with E-state index in [9.17, 15) is 4.11 Å². The summed E-state index contributed by atoms with van der Waals surface area (Å²) in [5.41, 5.74) is 8.75. The maximum atomic E-state index is 9.87. The van der Waals surface area contributed by atoms with Crippen LogP contribution in [0.1, 0.15) is 9.60 Å². The number of fused-ring (bicyclic) bond motifs is 7. The van der Waals surface area contributed by atoms with E-state index >= 15 is 0 Å². The largest absolute Gasteiger partial charge is 0.309 e. The van der Waals surface area contributed by atoms with Crippen LogP contribution >= 0.6 is 0 Å². The molecular formula is C52H34N2. The van der Waals surface area contributed by atoms with Crippen LogP contribution in [-0.4, -0.2) is 9.13 Å². The SMILES string of the molecule is [2H]c1c([2H])c([2H])c2c(c1[2H])c1c([2H])c(-c3ccc4c(c3)c3cc(-c5cccc6ccccc56)ccc3n4-c3ccccc3)c([2H])c([2H])c1n2-c1ccc(-c2ccccc2)cc1. The van der Waals surface area contributed by atoms with Crippen molar-refractivity contribution in [3.8, 4) is 44.8 Å². The molecule has 0 bridgehead atoms. The van der Waals surface area contributed by atoms with Gasteiger partial charge < -0.3 is 9.13 Å². The van der Waals surface area contributed by atoms with Crippen LogP contribution in [-0.2, 0) is 0 Å². The first-order valence-corrected chi connectivity index (χ1v) is 18.0. The van der Waals surface area contributed by atoms with Crippen LogP contribution < -0.4 is 0 Å². The Balaban J connectivity index is 1.19. The van der Waals surface area contributed by atoms with Gasteiger partial charge in [-0.05, 0) is 111 Å². The molecule has 11 aromatic rings. The minimum atomic E-state index is -0.421. The highest BCUT2D eigenvalue weighted by molar-refractivity contribution is 6.14. The number of hydrogen-bond donors (Lipinski definition) is 0. The molecule has 54 heavy (non-hydrogen) atoms. The predicted octanol–water partition coefficient (Wildman–Crippen LogP) is 14.0. The molecule has 11 rings (SSSR count). The fourth-order valence-corrected chi connectivity index (χ4v) is 8.03. The summed E-state index contributed by atoms with van der Waals surface area (Å²) in [5, 5.41) is 4.55. The number of aromatic nitrogens is 2. The van der Waals surface area contributed by atoms with Gasteiger partial charge in [-0.1, -0.05) is 139 Å². The summed E-state index contributed by atoms with van der Waals surface area (Å²) >= 11 is 0. The monoisotopic (exact) mass is 693 g/mol. The number of benzene rings is 9. The average molecular weight is 694 g/mol. The molecule has 0 aliphatic heterocycles. The Bertz CT molecular complexity index is 3590. The van der Waals surface area contributed by atoms with E-state index in [0.29, 0.717) is 11.3 Å². The summed E-state index contributed by atoms with van der Waals surface area (Å²) in [6.45, 7) is 0. The lowest BCUT2D eigenvalue weighted by atomic mass is 9.96. The van der Waals surface area contributed by atoms with Gasteiger partial charge in [-0.3, -0.25) is 0 Å². The molecule has 0 unspecified atom stereocenters. The van der Waals surface area contributed by atoms with Gasteiger partial charge >= 0.3 is 0 Å². The maximum Gasteiger partial charge on any atom is 0.0645 e. The normalized spacial score (nSPS) is 13.5. The van der Waals surface area contributed by atoms with Crippen molar-refractivity contribution in [3.05, 3.63) is 206 Å². The molecule has 2 nitrogen and oxygen atoms in total. The molecular weight excluding hydrogens is 653 g/mol. The van der Waals surface area contributed by atoms with Crippen molar-refractivity contribution in [1.82, 2.24) is 9.13 Å². The molecule has 252 valence electrons. The molecule has 0 atom stereocenters. The third-order valence-corrected chi connectivity index (χ3v) is 10.6. The molecule has 0 fully saturated rings. The van der Waals surface area contributed by atoms with Crippen LogP contribution in [0.5, 0.6) is 0 Å². The van der Waals surface area contributed by atoms with Crippen LogP contribution in [0.25, 0.3) is 99.1 Å². The van der Waals surface area contributed by atoms with E-state index in [-0.39, 0.29) is 57.6 Å². The van der Waals surface area contributed by atoms with Gasteiger partial charge in [-0.2, -0.15) is 0 Å². The number of nitrogens with zero attached hydrogens (tertiary/aromatic N) is 2. The molecule has 2 aromatic heterocycles. The highest BCUT2D eigenvalue weighted by Crippen LogP contribution is 2.40. The van der Waals surface area contributed by atoms with Crippen molar-refractivity contribution in [2.24, 2.45) is 0 Å². The molecule has 0 aliphatic carbocycles.